The largest absolute Gasteiger partial charge is 0.329 e. The van der Waals surface area contributed by atoms with Crippen molar-refractivity contribution in [1.29, 1.82) is 0 Å². The molecule has 7 nitrogen and oxygen atoms in total. The van der Waals surface area contributed by atoms with Crippen molar-refractivity contribution in [2.24, 2.45) is 12.1 Å². The number of hydrogen-bond acceptors (Lipinski definition) is 7. The van der Waals surface area contributed by atoms with Gasteiger partial charge < -0.3 is 4.57 Å². The molecule has 0 aliphatic carbocycles. The van der Waals surface area contributed by atoms with E-state index in [-0.39, 0.29) is 0 Å². The van der Waals surface area contributed by atoms with Gasteiger partial charge >= 0.3 is 0 Å². The minimum atomic E-state index is 0.744. The first-order valence-electron chi connectivity index (χ1n) is 9.30. The number of H-pyrrole nitrogens is 1. The summed E-state index contributed by atoms with van der Waals surface area (Å²) in [5.41, 5.74) is 8.72. The second kappa shape index (κ2) is 6.50. The first kappa shape index (κ1) is 16.9. The maximum absolute atomic E-state index is 4.89. The van der Waals surface area contributed by atoms with E-state index < -0.39 is 0 Å². The number of hydrazone groups is 1. The van der Waals surface area contributed by atoms with Crippen LogP contribution in [-0.2, 0) is 26.6 Å². The molecular weight excluding hydrogens is 402 g/mol. The molecule has 0 amide bonds. The van der Waals surface area contributed by atoms with Crippen LogP contribution in [0.15, 0.2) is 40.4 Å². The van der Waals surface area contributed by atoms with Crippen molar-refractivity contribution in [3.05, 3.63) is 62.8 Å². The van der Waals surface area contributed by atoms with Gasteiger partial charge in [-0.1, -0.05) is 12.1 Å². The monoisotopic (exact) mass is 419 g/mol. The van der Waals surface area contributed by atoms with Crippen LogP contribution in [0.2, 0.25) is 0 Å². The molecule has 0 atom stereocenters. The minimum Gasteiger partial charge on any atom is -0.329 e. The Hall–Kier alpha value is -3.04. The maximum Gasteiger partial charge on any atom is 0.152 e. The highest BCUT2D eigenvalue weighted by molar-refractivity contribution is 7.19. The van der Waals surface area contributed by atoms with Crippen LogP contribution in [0.1, 0.15) is 27.5 Å². The number of aromatic nitrogens is 5. The van der Waals surface area contributed by atoms with Crippen LogP contribution in [0.4, 0.5) is 0 Å². The lowest BCUT2D eigenvalue weighted by Crippen LogP contribution is -2.22. The van der Waals surface area contributed by atoms with E-state index in [2.05, 4.69) is 49.3 Å². The molecule has 1 aliphatic rings. The number of nitrogens with one attached hydrogen (secondary N) is 1. The molecule has 0 fully saturated rings. The average Bonchev–Trinajstić information content (AvgIpc) is 3.50. The second-order valence-electron chi connectivity index (χ2n) is 7.15. The van der Waals surface area contributed by atoms with Gasteiger partial charge in [0.1, 0.15) is 5.01 Å². The third-order valence-corrected chi connectivity index (χ3v) is 7.07. The van der Waals surface area contributed by atoms with Gasteiger partial charge in [0, 0.05) is 29.8 Å². The summed E-state index contributed by atoms with van der Waals surface area (Å²) in [4.78, 5) is 9.27. The molecule has 1 aliphatic heterocycles. The van der Waals surface area contributed by atoms with Crippen molar-refractivity contribution in [2.45, 2.75) is 19.5 Å². The Morgan fingerprint density at radius 2 is 2.24 bits per heavy atom. The number of aromatic amines is 1. The van der Waals surface area contributed by atoms with Gasteiger partial charge in [0.25, 0.3) is 0 Å². The fraction of sp³-hybridized carbons (Fsp3) is 0.200. The highest BCUT2D eigenvalue weighted by Crippen LogP contribution is 2.33. The third kappa shape index (κ3) is 2.77. The van der Waals surface area contributed by atoms with E-state index in [0.717, 1.165) is 46.8 Å². The molecule has 5 heterocycles. The second-order valence-corrected chi connectivity index (χ2v) is 8.95. The van der Waals surface area contributed by atoms with E-state index in [1.165, 1.54) is 21.5 Å². The van der Waals surface area contributed by atoms with E-state index in [9.17, 15) is 0 Å². The standard InChI is InChI=1S/C20H17N7S2/c1-26-17-9-27(8-12-3-2-4-16-14(12)6-22-25-16)23-7-15(17)19-20(26)24-18(29-19)5-13-10-28-11-21-13/h2-4,6-7,10-11H,5,8-9H2,1H3,(H,22,25). The Labute approximate surface area is 174 Å². The van der Waals surface area contributed by atoms with Crippen LogP contribution in [0.3, 0.4) is 0 Å². The number of rotatable bonds is 4. The van der Waals surface area contributed by atoms with E-state index in [1.54, 1.807) is 22.7 Å². The lowest BCUT2D eigenvalue weighted by atomic mass is 10.1. The highest BCUT2D eigenvalue weighted by Gasteiger charge is 2.23. The first-order chi connectivity index (χ1) is 14.3. The van der Waals surface area contributed by atoms with Crippen molar-refractivity contribution >= 4 is 50.1 Å². The SMILES string of the molecule is Cn1c2c(c3sc(Cc4cscn4)nc31)C=NN(Cc1cccc3[nH]ncc13)C2. The van der Waals surface area contributed by atoms with Crippen LogP contribution >= 0.6 is 22.7 Å². The molecule has 0 saturated heterocycles. The highest BCUT2D eigenvalue weighted by atomic mass is 32.1. The van der Waals surface area contributed by atoms with Crippen LogP contribution in [0.25, 0.3) is 21.3 Å². The van der Waals surface area contributed by atoms with Crippen LogP contribution in [0.5, 0.6) is 0 Å². The number of benzene rings is 1. The van der Waals surface area contributed by atoms with Crippen LogP contribution in [0, 0.1) is 0 Å². The molecule has 0 saturated carbocycles. The number of aryl methyl sites for hydroxylation is 1. The lowest BCUT2D eigenvalue weighted by Gasteiger charge is -2.23. The molecule has 29 heavy (non-hydrogen) atoms. The summed E-state index contributed by atoms with van der Waals surface area (Å²) in [5.74, 6) is 0. The fourth-order valence-corrected chi connectivity index (χ4v) is 5.59. The molecule has 144 valence electrons. The van der Waals surface area contributed by atoms with Gasteiger partial charge in [0.05, 0.1) is 52.6 Å². The van der Waals surface area contributed by atoms with Gasteiger partial charge in [-0.2, -0.15) is 10.2 Å². The quantitative estimate of drug-likeness (QED) is 0.479. The molecule has 6 rings (SSSR count). The predicted octanol–water partition coefficient (Wildman–Crippen LogP) is 3.91. The van der Waals surface area contributed by atoms with E-state index >= 15 is 0 Å². The Balaban J connectivity index is 1.31. The van der Waals surface area contributed by atoms with Gasteiger partial charge in [0.2, 0.25) is 0 Å². The van der Waals surface area contributed by atoms with Gasteiger partial charge in [-0.25, -0.2) is 9.97 Å². The van der Waals surface area contributed by atoms with Crippen molar-refractivity contribution in [3.63, 3.8) is 0 Å². The van der Waals surface area contributed by atoms with Crippen LogP contribution < -0.4 is 0 Å². The smallest absolute Gasteiger partial charge is 0.152 e. The molecule has 0 spiro atoms. The number of thiazole rings is 2. The molecule has 1 aromatic carbocycles. The maximum atomic E-state index is 4.89. The molecule has 0 unspecified atom stereocenters. The summed E-state index contributed by atoms with van der Waals surface area (Å²) in [6.07, 6.45) is 4.66. The normalized spacial score (nSPS) is 13.6. The lowest BCUT2D eigenvalue weighted by molar-refractivity contribution is 0.263. The Morgan fingerprint density at radius 1 is 1.28 bits per heavy atom. The van der Waals surface area contributed by atoms with Crippen molar-refractivity contribution < 1.29 is 0 Å². The first-order valence-corrected chi connectivity index (χ1v) is 11.1. The Kier molecular flexibility index (Phi) is 3.78. The molecular formula is C20H17N7S2. The molecule has 1 N–H and O–H groups in total. The summed E-state index contributed by atoms with van der Waals surface area (Å²) in [5, 5.41) is 18.4. The van der Waals surface area contributed by atoms with Gasteiger partial charge in [0.15, 0.2) is 5.65 Å². The summed E-state index contributed by atoms with van der Waals surface area (Å²) >= 11 is 3.37. The molecule has 0 radical (unpaired) electrons. The number of fused-ring (bicyclic) bond motifs is 4. The zero-order chi connectivity index (χ0) is 19.4. The van der Waals surface area contributed by atoms with Crippen molar-refractivity contribution in [2.75, 3.05) is 0 Å². The molecule has 4 aromatic heterocycles. The predicted molar refractivity (Wildman–Crippen MR) is 116 cm³/mol. The van der Waals surface area contributed by atoms with Crippen molar-refractivity contribution in [3.8, 4) is 0 Å². The van der Waals surface area contributed by atoms with Crippen molar-refractivity contribution in [1.82, 2.24) is 29.7 Å². The summed E-state index contributed by atoms with van der Waals surface area (Å²) in [6.45, 7) is 1.51. The zero-order valence-corrected chi connectivity index (χ0v) is 17.3. The zero-order valence-electron chi connectivity index (χ0n) is 15.7. The van der Waals surface area contributed by atoms with E-state index in [4.69, 9.17) is 10.1 Å². The molecule has 5 aromatic rings. The number of hydrogen-bond donors (Lipinski definition) is 1. The third-order valence-electron chi connectivity index (χ3n) is 5.36. The van der Waals surface area contributed by atoms with Crippen LogP contribution in [-0.4, -0.2) is 36.0 Å². The summed E-state index contributed by atoms with van der Waals surface area (Å²) < 4.78 is 3.43. The molecule has 0 bridgehead atoms. The number of nitrogens with zero attached hydrogens (tertiary/aromatic N) is 6. The van der Waals surface area contributed by atoms with Gasteiger partial charge in [-0.15, -0.1) is 22.7 Å². The average molecular weight is 420 g/mol. The van der Waals surface area contributed by atoms with Gasteiger partial charge in [-0.05, 0) is 11.6 Å². The minimum absolute atomic E-state index is 0.744. The summed E-state index contributed by atoms with van der Waals surface area (Å²) in [7, 11) is 2.10. The van der Waals surface area contributed by atoms with E-state index in [0.29, 0.717) is 0 Å². The molecule has 9 heteroatoms. The Morgan fingerprint density at radius 3 is 3.14 bits per heavy atom. The van der Waals surface area contributed by atoms with E-state index in [1.807, 2.05) is 24.0 Å². The fourth-order valence-electron chi connectivity index (χ4n) is 3.89. The topological polar surface area (TPSA) is 75.0 Å². The summed E-state index contributed by atoms with van der Waals surface area (Å²) in [6, 6.07) is 6.24. The van der Waals surface area contributed by atoms with Gasteiger partial charge in [-0.3, -0.25) is 10.1 Å². The Bertz CT molecular complexity index is 1360.